The third kappa shape index (κ3) is 3.41. The summed E-state index contributed by atoms with van der Waals surface area (Å²) >= 11 is 0. The largest absolute Gasteiger partial charge is 0.505 e. The van der Waals surface area contributed by atoms with Crippen molar-refractivity contribution in [1.82, 2.24) is 0 Å². The minimum atomic E-state index is -4.48. The van der Waals surface area contributed by atoms with E-state index in [1.165, 1.54) is 36.4 Å². The fraction of sp³-hybridized carbons (Fsp3) is 0. The summed E-state index contributed by atoms with van der Waals surface area (Å²) in [4.78, 5) is 25.2. The molecule has 0 aliphatic heterocycles. The van der Waals surface area contributed by atoms with Crippen LogP contribution in [0.2, 0.25) is 0 Å². The lowest BCUT2D eigenvalue weighted by atomic mass is 9.84. The average Bonchev–Trinajstić information content (AvgIpc) is 2.81. The molecule has 4 aromatic carbocycles. The van der Waals surface area contributed by atoms with Crippen molar-refractivity contribution in [3.63, 3.8) is 0 Å². The van der Waals surface area contributed by atoms with Crippen LogP contribution >= 0.6 is 0 Å². The Hall–Kier alpha value is -4.41. The van der Waals surface area contributed by atoms with E-state index in [1.807, 2.05) is 0 Å². The molecule has 1 aliphatic carbocycles. The fourth-order valence-corrected chi connectivity index (χ4v) is 4.48. The molecule has 9 nitrogen and oxygen atoms in total. The summed E-state index contributed by atoms with van der Waals surface area (Å²) < 4.78 is 32.1. The molecule has 0 spiro atoms. The zero-order chi connectivity index (χ0) is 24.2. The van der Waals surface area contributed by atoms with E-state index >= 15 is 0 Å². The van der Waals surface area contributed by atoms with Gasteiger partial charge in [0.05, 0.1) is 10.6 Å². The Balaban J connectivity index is 1.53. The zero-order valence-electron chi connectivity index (χ0n) is 17.3. The number of fused-ring (bicyclic) bond motifs is 3. The van der Waals surface area contributed by atoms with Crippen molar-refractivity contribution >= 4 is 49.5 Å². The molecular formula is C24H15N3O6S. The van der Waals surface area contributed by atoms with E-state index in [4.69, 9.17) is 5.73 Å². The van der Waals surface area contributed by atoms with E-state index in [2.05, 4.69) is 10.2 Å². The van der Waals surface area contributed by atoms with Gasteiger partial charge in [0.15, 0.2) is 17.3 Å². The van der Waals surface area contributed by atoms with Gasteiger partial charge in [-0.15, -0.1) is 5.11 Å². The fourth-order valence-electron chi connectivity index (χ4n) is 3.93. The second-order valence-electron chi connectivity index (χ2n) is 7.65. The molecule has 1 aliphatic rings. The summed E-state index contributed by atoms with van der Waals surface area (Å²) in [5.74, 6) is -0.877. The van der Waals surface area contributed by atoms with Crippen LogP contribution < -0.4 is 5.73 Å². The molecule has 0 saturated carbocycles. The third-order valence-electron chi connectivity index (χ3n) is 5.55. The lowest BCUT2D eigenvalue weighted by Crippen LogP contribution is -2.20. The molecule has 0 bridgehead atoms. The number of nitrogens with two attached hydrogens (primary N) is 1. The molecule has 4 N–H and O–H groups in total. The van der Waals surface area contributed by atoms with E-state index in [-0.39, 0.29) is 56.3 Å². The molecule has 0 unspecified atom stereocenters. The van der Waals surface area contributed by atoms with Gasteiger partial charge in [0.1, 0.15) is 5.69 Å². The molecule has 168 valence electrons. The number of nitrogen functional groups attached to an aromatic ring is 1. The van der Waals surface area contributed by atoms with Crippen molar-refractivity contribution < 1.29 is 27.7 Å². The van der Waals surface area contributed by atoms with Crippen LogP contribution in [0.5, 0.6) is 5.75 Å². The Morgan fingerprint density at radius 1 is 0.765 bits per heavy atom. The Kier molecular flexibility index (Phi) is 4.78. The first-order valence-corrected chi connectivity index (χ1v) is 11.4. The summed E-state index contributed by atoms with van der Waals surface area (Å²) in [5, 5.41) is 19.2. The highest BCUT2D eigenvalue weighted by molar-refractivity contribution is 7.85. The topological polar surface area (TPSA) is 159 Å². The van der Waals surface area contributed by atoms with Crippen LogP contribution in [0.25, 0.3) is 10.8 Å². The molecular weight excluding hydrogens is 458 g/mol. The van der Waals surface area contributed by atoms with E-state index in [0.717, 1.165) is 6.07 Å². The number of aromatic hydroxyl groups is 1. The van der Waals surface area contributed by atoms with Gasteiger partial charge in [0.25, 0.3) is 10.1 Å². The van der Waals surface area contributed by atoms with Crippen LogP contribution in [-0.4, -0.2) is 29.6 Å². The molecule has 5 rings (SSSR count). The zero-order valence-corrected chi connectivity index (χ0v) is 18.1. The Labute approximate surface area is 192 Å². The molecule has 4 aromatic rings. The van der Waals surface area contributed by atoms with Crippen molar-refractivity contribution in [1.29, 1.82) is 0 Å². The highest BCUT2D eigenvalue weighted by Gasteiger charge is 2.29. The van der Waals surface area contributed by atoms with Crippen LogP contribution in [0.3, 0.4) is 0 Å². The van der Waals surface area contributed by atoms with Crippen LogP contribution in [0, 0.1) is 0 Å². The molecule has 0 radical (unpaired) electrons. The van der Waals surface area contributed by atoms with Crippen molar-refractivity contribution in [2.45, 2.75) is 4.90 Å². The number of hydrogen-bond donors (Lipinski definition) is 3. The monoisotopic (exact) mass is 473 g/mol. The first-order chi connectivity index (χ1) is 16.1. The van der Waals surface area contributed by atoms with Gasteiger partial charge in [0, 0.05) is 33.3 Å². The van der Waals surface area contributed by atoms with Crippen molar-refractivity contribution in [2.24, 2.45) is 10.2 Å². The van der Waals surface area contributed by atoms with Crippen LogP contribution in [0.15, 0.2) is 81.9 Å². The first kappa shape index (κ1) is 21.4. The minimum Gasteiger partial charge on any atom is -0.505 e. The van der Waals surface area contributed by atoms with Crippen molar-refractivity contribution in [2.75, 3.05) is 5.73 Å². The quantitative estimate of drug-likeness (QED) is 0.197. The van der Waals surface area contributed by atoms with Crippen molar-refractivity contribution in [3.8, 4) is 5.75 Å². The second-order valence-corrected chi connectivity index (χ2v) is 9.07. The lowest BCUT2D eigenvalue weighted by molar-refractivity contribution is 0.0979. The van der Waals surface area contributed by atoms with Gasteiger partial charge in [-0.25, -0.2) is 0 Å². The number of carbonyl (C=O) groups is 2. The second kappa shape index (κ2) is 7.58. The number of carbonyl (C=O) groups excluding carboxylic acids is 2. The molecule has 0 aromatic heterocycles. The summed E-state index contributed by atoms with van der Waals surface area (Å²) in [6, 6.07) is 16.2. The van der Waals surface area contributed by atoms with Gasteiger partial charge in [-0.2, -0.15) is 13.5 Å². The van der Waals surface area contributed by atoms with Crippen molar-refractivity contribution in [3.05, 3.63) is 89.0 Å². The van der Waals surface area contributed by atoms with Crippen LogP contribution in [0.4, 0.5) is 17.1 Å². The van der Waals surface area contributed by atoms with Gasteiger partial charge in [-0.05, 0) is 41.8 Å². The normalized spacial score (nSPS) is 13.3. The minimum absolute atomic E-state index is 0.0456. The summed E-state index contributed by atoms with van der Waals surface area (Å²) in [7, 11) is -4.48. The number of hydrogen-bond acceptors (Lipinski definition) is 8. The smallest absolute Gasteiger partial charge is 0.294 e. The maximum Gasteiger partial charge on any atom is 0.294 e. The number of nitrogens with zero attached hydrogens (tertiary/aromatic N) is 2. The number of anilines is 1. The Bertz CT molecular complexity index is 1690. The molecule has 0 atom stereocenters. The number of ketones is 2. The molecule has 0 fully saturated rings. The number of phenolic OH excluding ortho intramolecular Hbond substituents is 1. The van der Waals surface area contributed by atoms with Gasteiger partial charge in [-0.3, -0.25) is 14.1 Å². The maximum atomic E-state index is 12.9. The highest BCUT2D eigenvalue weighted by atomic mass is 32.2. The molecule has 10 heteroatoms. The summed E-state index contributed by atoms with van der Waals surface area (Å²) in [6.45, 7) is 0. The third-order valence-corrected chi connectivity index (χ3v) is 6.38. The van der Waals surface area contributed by atoms with E-state index in [0.29, 0.717) is 11.1 Å². The standard InChI is InChI=1S/C24H15N3O6S/c25-19-11-14(34(31,32)33)9-12-5-8-20(24(30)21(12)19)27-26-13-6-7-17-18(10-13)23(29)16-4-2-1-3-15(16)22(17)28/h1-11,30H,25H2,(H,31,32,33). The van der Waals surface area contributed by atoms with E-state index < -0.39 is 15.0 Å². The predicted molar refractivity (Wildman–Crippen MR) is 124 cm³/mol. The molecule has 0 saturated heterocycles. The maximum absolute atomic E-state index is 12.9. The van der Waals surface area contributed by atoms with Gasteiger partial charge >= 0.3 is 0 Å². The highest BCUT2D eigenvalue weighted by Crippen LogP contribution is 2.40. The Morgan fingerprint density at radius 3 is 2.09 bits per heavy atom. The summed E-state index contributed by atoms with van der Waals surface area (Å²) in [5.41, 5.74) is 7.32. The molecule has 0 heterocycles. The first-order valence-electron chi connectivity index (χ1n) is 9.92. The molecule has 34 heavy (non-hydrogen) atoms. The van der Waals surface area contributed by atoms with Gasteiger partial charge in [-0.1, -0.05) is 30.3 Å². The van der Waals surface area contributed by atoms with Crippen LogP contribution in [0.1, 0.15) is 31.8 Å². The number of azo groups is 1. The Morgan fingerprint density at radius 2 is 1.41 bits per heavy atom. The van der Waals surface area contributed by atoms with Crippen LogP contribution in [-0.2, 0) is 10.1 Å². The van der Waals surface area contributed by atoms with E-state index in [9.17, 15) is 27.7 Å². The lowest BCUT2D eigenvalue weighted by Gasteiger charge is -2.17. The summed E-state index contributed by atoms with van der Waals surface area (Å²) in [6.07, 6.45) is 0. The SMILES string of the molecule is Nc1cc(S(=O)(=O)O)cc2ccc(N=Nc3ccc4c(c3)C(=O)c3ccccc3C4=O)c(O)c12. The van der Waals surface area contributed by atoms with Gasteiger partial charge < -0.3 is 10.8 Å². The number of rotatable bonds is 3. The van der Waals surface area contributed by atoms with E-state index in [1.54, 1.807) is 24.3 Å². The predicted octanol–water partition coefficient (Wildman–Crippen LogP) is 4.57. The number of phenols is 1. The average molecular weight is 473 g/mol. The number of benzene rings is 4. The molecule has 0 amide bonds. The van der Waals surface area contributed by atoms with Gasteiger partial charge in [0.2, 0.25) is 0 Å².